The number of benzene rings is 2. The number of carbonyl (C=O) groups is 1. The Kier molecular flexibility index (Phi) is 5.86. The topological polar surface area (TPSA) is 29.5 Å². The second-order valence-corrected chi connectivity index (χ2v) is 9.81. The smallest absolute Gasteiger partial charge is 0.344 e. The van der Waals surface area contributed by atoms with Gasteiger partial charge >= 0.3 is 5.97 Å². The molecule has 0 radical (unpaired) electrons. The summed E-state index contributed by atoms with van der Waals surface area (Å²) < 4.78 is 5.86. The van der Waals surface area contributed by atoms with Crippen LogP contribution in [0.4, 0.5) is 5.69 Å². The van der Waals surface area contributed by atoms with Crippen LogP contribution in [0.25, 0.3) is 11.6 Å². The van der Waals surface area contributed by atoms with E-state index >= 15 is 0 Å². The minimum absolute atomic E-state index is 0.0255. The van der Waals surface area contributed by atoms with Crippen molar-refractivity contribution in [2.24, 2.45) is 0 Å². The van der Waals surface area contributed by atoms with E-state index in [1.807, 2.05) is 32.3 Å². The molecule has 0 fully saturated rings. The molecule has 0 spiro atoms. The fourth-order valence-corrected chi connectivity index (χ4v) is 3.66. The molecule has 0 bridgehead atoms. The van der Waals surface area contributed by atoms with Crippen molar-refractivity contribution in [3.63, 3.8) is 0 Å². The minimum atomic E-state index is -0.263. The molecular formula is C27H35NO2. The maximum atomic E-state index is 12.9. The largest absolute Gasteiger partial charge is 0.422 e. The lowest BCUT2D eigenvalue weighted by Crippen LogP contribution is -2.21. The Labute approximate surface area is 181 Å². The zero-order valence-electron chi connectivity index (χ0n) is 19.7. The lowest BCUT2D eigenvalue weighted by atomic mass is 9.75. The Morgan fingerprint density at radius 1 is 0.933 bits per heavy atom. The predicted octanol–water partition coefficient (Wildman–Crippen LogP) is 6.59. The summed E-state index contributed by atoms with van der Waals surface area (Å²) in [5.74, 6) is 0.472. The first kappa shape index (κ1) is 22.1. The quantitative estimate of drug-likeness (QED) is 0.308. The molecule has 1 aliphatic rings. The van der Waals surface area contributed by atoms with Crippen molar-refractivity contribution in [3.05, 3.63) is 58.7 Å². The van der Waals surface area contributed by atoms with Gasteiger partial charge in [-0.25, -0.2) is 4.79 Å². The summed E-state index contributed by atoms with van der Waals surface area (Å²) in [6.07, 6.45) is 3.95. The molecule has 1 heterocycles. The third-order valence-electron chi connectivity index (χ3n) is 6.79. The van der Waals surface area contributed by atoms with Crippen LogP contribution in [0.15, 0.2) is 36.4 Å². The zero-order chi connectivity index (χ0) is 22.3. The summed E-state index contributed by atoms with van der Waals surface area (Å²) in [5.41, 5.74) is 6.02. The van der Waals surface area contributed by atoms with Crippen LogP contribution in [0.3, 0.4) is 0 Å². The summed E-state index contributed by atoms with van der Waals surface area (Å²) in [5, 5.41) is 0. The molecule has 30 heavy (non-hydrogen) atoms. The van der Waals surface area contributed by atoms with E-state index in [0.29, 0.717) is 5.57 Å². The van der Waals surface area contributed by atoms with Gasteiger partial charge < -0.3 is 9.64 Å². The number of nitrogens with zero attached hydrogens (tertiary/aromatic N) is 1. The third-order valence-corrected chi connectivity index (χ3v) is 6.79. The highest BCUT2D eigenvalue weighted by atomic mass is 16.5. The van der Waals surface area contributed by atoms with Gasteiger partial charge in [-0.3, -0.25) is 0 Å². The van der Waals surface area contributed by atoms with Gasteiger partial charge in [0.1, 0.15) is 5.75 Å². The molecule has 0 aromatic heterocycles. The van der Waals surface area contributed by atoms with E-state index in [-0.39, 0.29) is 16.8 Å². The molecular weight excluding hydrogens is 370 g/mol. The highest BCUT2D eigenvalue weighted by Gasteiger charge is 2.36. The predicted molar refractivity (Wildman–Crippen MR) is 127 cm³/mol. The van der Waals surface area contributed by atoms with Gasteiger partial charge in [0.25, 0.3) is 0 Å². The van der Waals surface area contributed by atoms with Crippen LogP contribution < -0.4 is 9.64 Å². The number of hydrogen-bond acceptors (Lipinski definition) is 3. The molecule has 3 rings (SSSR count). The normalized spacial score (nSPS) is 15.3. The summed E-state index contributed by atoms with van der Waals surface area (Å²) in [7, 11) is 4.04. The van der Waals surface area contributed by atoms with E-state index in [2.05, 4.69) is 70.7 Å². The molecule has 0 amide bonds. The van der Waals surface area contributed by atoms with Crippen molar-refractivity contribution in [2.45, 2.75) is 65.2 Å². The summed E-state index contributed by atoms with van der Waals surface area (Å²) in [6, 6.07) is 12.6. The van der Waals surface area contributed by atoms with Crippen molar-refractivity contribution in [1.82, 2.24) is 0 Å². The van der Waals surface area contributed by atoms with Crippen molar-refractivity contribution in [3.8, 4) is 5.75 Å². The van der Waals surface area contributed by atoms with Gasteiger partial charge in [0.2, 0.25) is 0 Å². The van der Waals surface area contributed by atoms with Crippen LogP contribution >= 0.6 is 0 Å². The minimum Gasteiger partial charge on any atom is -0.422 e. The highest BCUT2D eigenvalue weighted by molar-refractivity contribution is 6.26. The number of hydrogen-bond donors (Lipinski definition) is 0. The SMILES string of the molecule is CCC(C)(C)c1cc2c(c(C(C)(C)CC)c1)OC(=O)C2=Cc1ccc(N(C)C)cc1. The van der Waals surface area contributed by atoms with Gasteiger partial charge in [-0.1, -0.05) is 59.7 Å². The van der Waals surface area contributed by atoms with Crippen molar-refractivity contribution >= 4 is 23.3 Å². The Balaban J connectivity index is 2.19. The van der Waals surface area contributed by atoms with E-state index in [0.717, 1.165) is 41.0 Å². The lowest BCUT2D eigenvalue weighted by Gasteiger charge is -2.30. The maximum absolute atomic E-state index is 12.9. The molecule has 160 valence electrons. The van der Waals surface area contributed by atoms with Crippen LogP contribution in [0, 0.1) is 0 Å². The molecule has 0 unspecified atom stereocenters. The molecule has 1 aliphatic heterocycles. The fraction of sp³-hybridized carbons (Fsp3) is 0.444. The first-order valence-electron chi connectivity index (χ1n) is 10.9. The van der Waals surface area contributed by atoms with E-state index in [9.17, 15) is 4.79 Å². The van der Waals surface area contributed by atoms with Crippen LogP contribution in [-0.4, -0.2) is 20.1 Å². The molecule has 0 saturated carbocycles. The molecule has 2 aromatic rings. The van der Waals surface area contributed by atoms with Gasteiger partial charge in [-0.2, -0.15) is 0 Å². The second-order valence-electron chi connectivity index (χ2n) is 9.81. The van der Waals surface area contributed by atoms with Crippen molar-refractivity contribution in [2.75, 3.05) is 19.0 Å². The number of esters is 1. The van der Waals surface area contributed by atoms with Crippen molar-refractivity contribution in [1.29, 1.82) is 0 Å². The molecule has 0 aliphatic carbocycles. The first-order chi connectivity index (χ1) is 14.0. The molecule has 3 nitrogen and oxygen atoms in total. The van der Waals surface area contributed by atoms with Gasteiger partial charge in [0.05, 0.1) is 5.57 Å². The monoisotopic (exact) mass is 405 g/mol. The van der Waals surface area contributed by atoms with Gasteiger partial charge in [-0.05, 0) is 59.1 Å². The summed E-state index contributed by atoms with van der Waals surface area (Å²) >= 11 is 0. The van der Waals surface area contributed by atoms with Crippen LogP contribution in [0.1, 0.15) is 76.6 Å². The Bertz CT molecular complexity index is 979. The van der Waals surface area contributed by atoms with Crippen molar-refractivity contribution < 1.29 is 9.53 Å². The number of rotatable bonds is 6. The first-order valence-corrected chi connectivity index (χ1v) is 10.9. The molecule has 0 N–H and O–H groups in total. The highest BCUT2D eigenvalue weighted by Crippen LogP contribution is 2.46. The van der Waals surface area contributed by atoms with E-state index in [1.165, 1.54) is 5.56 Å². The van der Waals surface area contributed by atoms with Crippen LogP contribution in [0.2, 0.25) is 0 Å². The van der Waals surface area contributed by atoms with E-state index in [4.69, 9.17) is 4.74 Å². The van der Waals surface area contributed by atoms with Gasteiger partial charge in [0, 0.05) is 30.9 Å². The molecule has 2 aromatic carbocycles. The summed E-state index contributed by atoms with van der Waals surface area (Å²) in [6.45, 7) is 13.4. The van der Waals surface area contributed by atoms with E-state index in [1.54, 1.807) is 0 Å². The number of ether oxygens (including phenoxy) is 1. The van der Waals surface area contributed by atoms with Gasteiger partial charge in [0.15, 0.2) is 0 Å². The maximum Gasteiger partial charge on any atom is 0.344 e. The Morgan fingerprint density at radius 3 is 2.07 bits per heavy atom. The van der Waals surface area contributed by atoms with E-state index < -0.39 is 0 Å². The fourth-order valence-electron chi connectivity index (χ4n) is 3.66. The molecule has 0 atom stereocenters. The average Bonchev–Trinajstić information content (AvgIpc) is 3.02. The summed E-state index contributed by atoms with van der Waals surface area (Å²) in [4.78, 5) is 15.0. The van der Waals surface area contributed by atoms with Crippen LogP contribution in [0.5, 0.6) is 5.75 Å². The number of fused-ring (bicyclic) bond motifs is 1. The van der Waals surface area contributed by atoms with Crippen LogP contribution in [-0.2, 0) is 15.6 Å². The number of carbonyl (C=O) groups excluding carboxylic acids is 1. The number of anilines is 1. The molecule has 3 heteroatoms. The average molecular weight is 406 g/mol. The lowest BCUT2D eigenvalue weighted by molar-refractivity contribution is -0.127. The van der Waals surface area contributed by atoms with Gasteiger partial charge in [-0.15, -0.1) is 0 Å². The standard InChI is InChI=1S/C27H35NO2/c1-9-26(3,4)19-16-21-22(15-18-11-13-20(14-12-18)28(7)8)25(29)30-24(21)23(17-19)27(5,6)10-2/h11-17H,9-10H2,1-8H3. The second kappa shape index (κ2) is 7.94. The Morgan fingerprint density at radius 2 is 1.53 bits per heavy atom. The molecule has 0 saturated heterocycles. The third kappa shape index (κ3) is 4.03. The zero-order valence-corrected chi connectivity index (χ0v) is 19.7. The Hall–Kier alpha value is -2.55.